The van der Waals surface area contributed by atoms with E-state index in [0.717, 1.165) is 80.2 Å². The molecule has 1 amide bonds. The van der Waals surface area contributed by atoms with E-state index in [1.54, 1.807) is 0 Å². The van der Waals surface area contributed by atoms with Gasteiger partial charge in [0.25, 0.3) is 5.91 Å². The Balaban J connectivity index is 1.22. The van der Waals surface area contributed by atoms with Gasteiger partial charge in [0.15, 0.2) is 0 Å². The smallest absolute Gasteiger partial charge is 0.254 e. The molecule has 3 aromatic rings. The Hall–Kier alpha value is -3.98. The Morgan fingerprint density at radius 1 is 0.838 bits per heavy atom. The van der Waals surface area contributed by atoms with Crippen LogP contribution in [0.25, 0.3) is 0 Å². The van der Waals surface area contributed by atoms with Crippen molar-refractivity contribution in [1.82, 2.24) is 4.90 Å². The number of nitrogens with one attached hydrogen (secondary N) is 1. The molecule has 2 heterocycles. The highest BCUT2D eigenvalue weighted by atomic mass is 16.2. The number of carbonyl (C=O) groups is 1. The van der Waals surface area contributed by atoms with E-state index in [1.807, 2.05) is 42.2 Å². The Bertz CT molecular complexity index is 1280. The minimum absolute atomic E-state index is 0.121. The molecule has 6 nitrogen and oxygen atoms in total. The molecule has 6 heteroatoms. The maximum Gasteiger partial charge on any atom is 0.254 e. The molecule has 0 bridgehead atoms. The van der Waals surface area contributed by atoms with Crippen LogP contribution in [0.4, 0.5) is 17.1 Å². The van der Waals surface area contributed by atoms with Crippen molar-refractivity contribution < 1.29 is 4.79 Å². The van der Waals surface area contributed by atoms with E-state index in [9.17, 15) is 10.1 Å². The predicted octanol–water partition coefficient (Wildman–Crippen LogP) is 5.22. The summed E-state index contributed by atoms with van der Waals surface area (Å²) in [4.78, 5) is 20.2. The molecule has 0 spiro atoms. The molecule has 0 atom stereocenters. The molecular formula is C31H35N5O. The topological polar surface area (TPSA) is 62.6 Å². The number of benzene rings is 3. The largest absolute Gasteiger partial charge is 0.382 e. The summed E-state index contributed by atoms with van der Waals surface area (Å²) in [6, 6.07) is 25.1. The molecule has 0 radical (unpaired) electrons. The number of para-hydroxylation sites is 2. The molecule has 3 aromatic carbocycles. The number of piperidine rings is 1. The number of carbonyl (C=O) groups excluding carboxylic acids is 1. The second-order valence-electron chi connectivity index (χ2n) is 10.1. The van der Waals surface area contributed by atoms with Gasteiger partial charge in [0, 0.05) is 62.2 Å². The van der Waals surface area contributed by atoms with Gasteiger partial charge < -0.3 is 20.0 Å². The number of piperazine rings is 1. The molecule has 2 aliphatic heterocycles. The molecule has 2 fully saturated rings. The lowest BCUT2D eigenvalue weighted by Gasteiger charge is -2.36. The molecule has 1 N–H and O–H groups in total. The number of aryl methyl sites for hydroxylation is 2. The number of nitriles is 1. The molecule has 5 rings (SSSR count). The minimum atomic E-state index is 0.121. The van der Waals surface area contributed by atoms with Crippen LogP contribution in [-0.4, -0.2) is 56.1 Å². The molecule has 190 valence electrons. The van der Waals surface area contributed by atoms with Crippen molar-refractivity contribution in [2.24, 2.45) is 0 Å². The summed E-state index contributed by atoms with van der Waals surface area (Å²) in [5.41, 5.74) is 7.01. The third kappa shape index (κ3) is 5.41. The first kappa shape index (κ1) is 24.7. The van der Waals surface area contributed by atoms with Crippen molar-refractivity contribution in [1.29, 1.82) is 5.26 Å². The van der Waals surface area contributed by atoms with E-state index in [0.29, 0.717) is 6.04 Å². The van der Waals surface area contributed by atoms with E-state index in [-0.39, 0.29) is 5.91 Å². The fourth-order valence-electron chi connectivity index (χ4n) is 5.54. The van der Waals surface area contributed by atoms with Crippen molar-refractivity contribution in [2.75, 3.05) is 54.4 Å². The van der Waals surface area contributed by atoms with Crippen molar-refractivity contribution >= 4 is 23.0 Å². The van der Waals surface area contributed by atoms with Gasteiger partial charge >= 0.3 is 0 Å². The van der Waals surface area contributed by atoms with Gasteiger partial charge in [0.2, 0.25) is 0 Å². The molecule has 0 saturated carbocycles. The standard InChI is InChI=1S/C31H35N5O/c1-23-20-24(2)29(33-26-12-14-35(15-13-26)30-11-7-6-8-25(30)22-32)21-28(23)31(37)36-18-16-34(17-19-36)27-9-4-3-5-10-27/h3-11,20-21,26,33H,12-19H2,1-2H3. The molecule has 0 aliphatic carbocycles. The molecule has 2 aliphatic rings. The third-order valence-electron chi connectivity index (χ3n) is 7.71. The summed E-state index contributed by atoms with van der Waals surface area (Å²) in [5.74, 6) is 0.121. The molecule has 37 heavy (non-hydrogen) atoms. The van der Waals surface area contributed by atoms with Gasteiger partial charge in [-0.05, 0) is 68.1 Å². The number of nitrogens with zero attached hydrogens (tertiary/aromatic N) is 4. The summed E-state index contributed by atoms with van der Waals surface area (Å²) in [7, 11) is 0. The van der Waals surface area contributed by atoms with E-state index < -0.39 is 0 Å². The van der Waals surface area contributed by atoms with Crippen LogP contribution in [0.3, 0.4) is 0 Å². The van der Waals surface area contributed by atoms with Crippen LogP contribution in [0.2, 0.25) is 0 Å². The number of hydrogen-bond donors (Lipinski definition) is 1. The van der Waals surface area contributed by atoms with Gasteiger partial charge in [-0.2, -0.15) is 5.26 Å². The van der Waals surface area contributed by atoms with Crippen LogP contribution >= 0.6 is 0 Å². The summed E-state index contributed by atoms with van der Waals surface area (Å²) in [5, 5.41) is 13.2. The predicted molar refractivity (Wildman–Crippen MR) is 150 cm³/mol. The zero-order valence-corrected chi connectivity index (χ0v) is 21.8. The number of amides is 1. The zero-order chi connectivity index (χ0) is 25.8. The highest BCUT2D eigenvalue weighted by molar-refractivity contribution is 5.97. The SMILES string of the molecule is Cc1cc(C)c(C(=O)N2CCN(c3ccccc3)CC2)cc1NC1CCN(c2ccccc2C#N)CC1. The molecule has 2 saturated heterocycles. The quantitative estimate of drug-likeness (QED) is 0.528. The average molecular weight is 494 g/mol. The highest BCUT2D eigenvalue weighted by Gasteiger charge is 2.25. The van der Waals surface area contributed by atoms with Crippen LogP contribution in [0.5, 0.6) is 0 Å². The van der Waals surface area contributed by atoms with Gasteiger partial charge in [0.05, 0.1) is 11.3 Å². The fraction of sp³-hybridized carbons (Fsp3) is 0.355. The first-order chi connectivity index (χ1) is 18.0. The summed E-state index contributed by atoms with van der Waals surface area (Å²) >= 11 is 0. The van der Waals surface area contributed by atoms with Gasteiger partial charge in [-0.15, -0.1) is 0 Å². The van der Waals surface area contributed by atoms with Gasteiger partial charge in [0.1, 0.15) is 6.07 Å². The number of rotatable bonds is 5. The lowest BCUT2D eigenvalue weighted by molar-refractivity contribution is 0.0746. The van der Waals surface area contributed by atoms with Crippen LogP contribution in [0.1, 0.15) is 39.9 Å². The zero-order valence-electron chi connectivity index (χ0n) is 21.8. The van der Waals surface area contributed by atoms with Crippen molar-refractivity contribution in [3.8, 4) is 6.07 Å². The maximum absolute atomic E-state index is 13.5. The highest BCUT2D eigenvalue weighted by Crippen LogP contribution is 2.28. The Morgan fingerprint density at radius 3 is 2.22 bits per heavy atom. The van der Waals surface area contributed by atoms with Crippen molar-refractivity contribution in [2.45, 2.75) is 32.7 Å². The third-order valence-corrected chi connectivity index (χ3v) is 7.71. The molecule has 0 unspecified atom stereocenters. The van der Waals surface area contributed by atoms with Gasteiger partial charge in [-0.25, -0.2) is 0 Å². The Morgan fingerprint density at radius 2 is 1.51 bits per heavy atom. The van der Waals surface area contributed by atoms with Crippen LogP contribution in [0, 0.1) is 25.2 Å². The second-order valence-corrected chi connectivity index (χ2v) is 10.1. The average Bonchev–Trinajstić information content (AvgIpc) is 2.95. The summed E-state index contributed by atoms with van der Waals surface area (Å²) in [6.45, 7) is 9.10. The first-order valence-corrected chi connectivity index (χ1v) is 13.2. The summed E-state index contributed by atoms with van der Waals surface area (Å²) < 4.78 is 0. The van der Waals surface area contributed by atoms with E-state index >= 15 is 0 Å². The lowest BCUT2D eigenvalue weighted by Crippen LogP contribution is -2.49. The van der Waals surface area contributed by atoms with Gasteiger partial charge in [-0.3, -0.25) is 4.79 Å². The number of hydrogen-bond acceptors (Lipinski definition) is 5. The minimum Gasteiger partial charge on any atom is -0.382 e. The van der Waals surface area contributed by atoms with E-state index in [4.69, 9.17) is 0 Å². The molecular weight excluding hydrogens is 458 g/mol. The normalized spacial score (nSPS) is 16.4. The fourth-order valence-corrected chi connectivity index (χ4v) is 5.54. The second kappa shape index (κ2) is 11.0. The number of anilines is 3. The molecule has 0 aromatic heterocycles. The lowest BCUT2D eigenvalue weighted by atomic mass is 9.99. The van der Waals surface area contributed by atoms with E-state index in [1.165, 1.54) is 11.3 Å². The Labute approximate surface area is 220 Å². The maximum atomic E-state index is 13.5. The van der Waals surface area contributed by atoms with Gasteiger partial charge in [-0.1, -0.05) is 36.4 Å². The first-order valence-electron chi connectivity index (χ1n) is 13.2. The van der Waals surface area contributed by atoms with Crippen LogP contribution in [0.15, 0.2) is 66.7 Å². The van der Waals surface area contributed by atoms with Crippen molar-refractivity contribution in [3.63, 3.8) is 0 Å². The summed E-state index contributed by atoms with van der Waals surface area (Å²) in [6.07, 6.45) is 1.97. The monoisotopic (exact) mass is 493 g/mol. The van der Waals surface area contributed by atoms with Crippen LogP contribution < -0.4 is 15.1 Å². The van der Waals surface area contributed by atoms with Crippen molar-refractivity contribution in [3.05, 3.63) is 89.0 Å². The van der Waals surface area contributed by atoms with E-state index in [2.05, 4.69) is 64.5 Å². The van der Waals surface area contributed by atoms with Crippen LogP contribution in [-0.2, 0) is 0 Å². The Kier molecular flexibility index (Phi) is 7.32.